The van der Waals surface area contributed by atoms with Crippen LogP contribution in [-0.2, 0) is 11.3 Å². The van der Waals surface area contributed by atoms with Crippen LogP contribution in [0.25, 0.3) is 0 Å². The lowest BCUT2D eigenvalue weighted by atomic mass is 9.71. The Balaban J connectivity index is 1.77. The number of hydrogen-bond acceptors (Lipinski definition) is 3. The molecule has 2 atom stereocenters. The summed E-state index contributed by atoms with van der Waals surface area (Å²) < 4.78 is 0. The maximum Gasteiger partial charge on any atom is 0.230 e. The summed E-state index contributed by atoms with van der Waals surface area (Å²) in [6.45, 7) is 5.03. The number of amides is 1. The topological polar surface area (TPSA) is 52.6 Å². The van der Waals surface area contributed by atoms with Gasteiger partial charge >= 0.3 is 0 Å². The van der Waals surface area contributed by atoms with Gasteiger partial charge in [0.1, 0.15) is 0 Å². The smallest absolute Gasteiger partial charge is 0.230 e. The summed E-state index contributed by atoms with van der Waals surface area (Å²) in [5, 5.41) is 14.1. The normalized spacial score (nSPS) is 29.6. The average Bonchev–Trinajstić information content (AvgIpc) is 2.49. The summed E-state index contributed by atoms with van der Waals surface area (Å²) in [6, 6.07) is 5.93. The van der Waals surface area contributed by atoms with Crippen molar-refractivity contribution in [3.8, 4) is 0 Å². The van der Waals surface area contributed by atoms with E-state index in [4.69, 9.17) is 11.6 Å². The molecule has 120 valence electrons. The van der Waals surface area contributed by atoms with Crippen LogP contribution in [0.4, 0.5) is 0 Å². The molecule has 2 N–H and O–H groups in total. The zero-order valence-electron chi connectivity index (χ0n) is 12.9. The number of carbonyl (C=O) groups excluding carboxylic acids is 1. The van der Waals surface area contributed by atoms with Crippen LogP contribution in [0.15, 0.2) is 18.2 Å². The lowest BCUT2D eigenvalue weighted by Gasteiger charge is -2.47. The van der Waals surface area contributed by atoms with E-state index in [1.54, 1.807) is 0 Å². The second-order valence-corrected chi connectivity index (χ2v) is 7.04. The number of carbonyl (C=O) groups is 1. The molecule has 2 aliphatic heterocycles. The maximum atomic E-state index is 12.4. The summed E-state index contributed by atoms with van der Waals surface area (Å²) in [6.07, 6.45) is 1.84. The van der Waals surface area contributed by atoms with E-state index >= 15 is 0 Å². The van der Waals surface area contributed by atoms with Crippen molar-refractivity contribution < 1.29 is 9.90 Å². The van der Waals surface area contributed by atoms with Gasteiger partial charge in [-0.3, -0.25) is 9.69 Å². The van der Waals surface area contributed by atoms with Gasteiger partial charge in [-0.2, -0.15) is 0 Å². The van der Waals surface area contributed by atoms with Gasteiger partial charge in [0.05, 0.1) is 11.5 Å². The number of aliphatic hydroxyl groups excluding tert-OH is 1. The van der Waals surface area contributed by atoms with Crippen LogP contribution in [0, 0.1) is 12.3 Å². The molecule has 2 aliphatic rings. The van der Waals surface area contributed by atoms with Gasteiger partial charge in [0.25, 0.3) is 0 Å². The van der Waals surface area contributed by atoms with Gasteiger partial charge in [-0.05, 0) is 49.4 Å². The van der Waals surface area contributed by atoms with Gasteiger partial charge in [-0.25, -0.2) is 0 Å². The van der Waals surface area contributed by atoms with Crippen LogP contribution in [0.5, 0.6) is 0 Å². The Morgan fingerprint density at radius 2 is 2.32 bits per heavy atom. The van der Waals surface area contributed by atoms with Crippen LogP contribution in [-0.4, -0.2) is 41.7 Å². The largest absolute Gasteiger partial charge is 0.392 e. The zero-order valence-corrected chi connectivity index (χ0v) is 13.7. The van der Waals surface area contributed by atoms with Gasteiger partial charge in [0.15, 0.2) is 0 Å². The molecule has 0 saturated carbocycles. The van der Waals surface area contributed by atoms with E-state index in [1.165, 1.54) is 11.1 Å². The molecule has 0 aromatic heterocycles. The Bertz CT molecular complexity index is 578. The Morgan fingerprint density at radius 1 is 1.50 bits per heavy atom. The molecule has 1 amide bonds. The first kappa shape index (κ1) is 15.8. The van der Waals surface area contributed by atoms with Crippen LogP contribution in [0.3, 0.4) is 0 Å². The minimum absolute atomic E-state index is 0.0174. The van der Waals surface area contributed by atoms with Crippen molar-refractivity contribution in [3.63, 3.8) is 0 Å². The monoisotopic (exact) mass is 322 g/mol. The first-order valence-electron chi connectivity index (χ1n) is 7.95. The molecule has 4 nitrogen and oxygen atoms in total. The number of piperidine rings is 2. The Labute approximate surface area is 136 Å². The Kier molecular flexibility index (Phi) is 4.44. The fourth-order valence-electron chi connectivity index (χ4n) is 3.74. The lowest BCUT2D eigenvalue weighted by molar-refractivity contribution is -0.149. The molecule has 5 heteroatoms. The molecule has 0 radical (unpaired) electrons. The standard InChI is InChI=1S/C17H23ClN2O2/c1-12-9-14(18)4-3-13(12)10-20-8-5-15(21)17(11-20)6-2-7-19-16(17)22/h3-4,9,15,21H,2,5-8,10-11H2,1H3,(H,19,22)/t15-,17+/m0/s1. The summed E-state index contributed by atoms with van der Waals surface area (Å²) in [5.41, 5.74) is 1.77. The van der Waals surface area contributed by atoms with E-state index < -0.39 is 11.5 Å². The van der Waals surface area contributed by atoms with E-state index in [0.29, 0.717) is 13.0 Å². The Morgan fingerprint density at radius 3 is 3.05 bits per heavy atom. The van der Waals surface area contributed by atoms with Gasteiger partial charge < -0.3 is 10.4 Å². The highest BCUT2D eigenvalue weighted by molar-refractivity contribution is 6.30. The van der Waals surface area contributed by atoms with Crippen molar-refractivity contribution in [2.75, 3.05) is 19.6 Å². The van der Waals surface area contributed by atoms with E-state index in [1.807, 2.05) is 12.1 Å². The summed E-state index contributed by atoms with van der Waals surface area (Å²) in [4.78, 5) is 14.7. The molecule has 2 fully saturated rings. The fourth-order valence-corrected chi connectivity index (χ4v) is 3.97. The van der Waals surface area contributed by atoms with Gasteiger partial charge in [0.2, 0.25) is 5.91 Å². The van der Waals surface area contributed by atoms with E-state index in [9.17, 15) is 9.90 Å². The highest BCUT2D eigenvalue weighted by atomic mass is 35.5. The number of halogens is 1. The van der Waals surface area contributed by atoms with Crippen molar-refractivity contribution in [3.05, 3.63) is 34.3 Å². The highest BCUT2D eigenvalue weighted by Crippen LogP contribution is 2.37. The first-order chi connectivity index (χ1) is 10.5. The van der Waals surface area contributed by atoms with Crippen LogP contribution >= 0.6 is 11.6 Å². The van der Waals surface area contributed by atoms with E-state index in [-0.39, 0.29) is 5.91 Å². The first-order valence-corrected chi connectivity index (χ1v) is 8.33. The van der Waals surface area contributed by atoms with Gasteiger partial charge in [-0.1, -0.05) is 17.7 Å². The summed E-state index contributed by atoms with van der Waals surface area (Å²) in [5.74, 6) is 0.0174. The van der Waals surface area contributed by atoms with Crippen molar-refractivity contribution in [2.24, 2.45) is 5.41 Å². The quantitative estimate of drug-likeness (QED) is 0.877. The zero-order chi connectivity index (χ0) is 15.7. The third-order valence-electron chi connectivity index (χ3n) is 5.10. The lowest BCUT2D eigenvalue weighted by Crippen LogP contribution is -2.61. The molecule has 3 rings (SSSR count). The van der Waals surface area contributed by atoms with Crippen LogP contribution in [0.2, 0.25) is 5.02 Å². The third-order valence-corrected chi connectivity index (χ3v) is 5.33. The molecule has 1 spiro atoms. The number of hydrogen-bond donors (Lipinski definition) is 2. The second-order valence-electron chi connectivity index (χ2n) is 6.60. The predicted molar refractivity (Wildman–Crippen MR) is 86.8 cm³/mol. The molecule has 2 saturated heterocycles. The molecule has 0 bridgehead atoms. The van der Waals surface area contributed by atoms with Crippen molar-refractivity contribution in [1.29, 1.82) is 0 Å². The summed E-state index contributed by atoms with van der Waals surface area (Å²) in [7, 11) is 0. The van der Waals surface area contributed by atoms with Crippen molar-refractivity contribution in [2.45, 2.75) is 38.8 Å². The fraction of sp³-hybridized carbons (Fsp3) is 0.588. The maximum absolute atomic E-state index is 12.4. The predicted octanol–water partition coefficient (Wildman–Crippen LogP) is 2.11. The van der Waals surface area contributed by atoms with E-state index in [0.717, 1.165) is 37.5 Å². The van der Waals surface area contributed by atoms with Gasteiger partial charge in [0, 0.05) is 31.2 Å². The number of aryl methyl sites for hydroxylation is 1. The molecule has 1 aromatic rings. The molecule has 0 unspecified atom stereocenters. The number of nitrogens with one attached hydrogen (secondary N) is 1. The minimum atomic E-state index is -0.628. The summed E-state index contributed by atoms with van der Waals surface area (Å²) >= 11 is 6.01. The third kappa shape index (κ3) is 2.87. The number of benzene rings is 1. The van der Waals surface area contributed by atoms with Crippen LogP contribution in [0.1, 0.15) is 30.4 Å². The van der Waals surface area contributed by atoms with Gasteiger partial charge in [-0.15, -0.1) is 0 Å². The Hall–Kier alpha value is -1.10. The van der Waals surface area contributed by atoms with Crippen LogP contribution < -0.4 is 5.32 Å². The molecule has 1 aromatic carbocycles. The number of rotatable bonds is 2. The molecular weight excluding hydrogens is 300 g/mol. The number of nitrogens with zero attached hydrogens (tertiary/aromatic N) is 1. The number of aliphatic hydroxyl groups is 1. The number of likely N-dealkylation sites (tertiary alicyclic amines) is 1. The molecule has 22 heavy (non-hydrogen) atoms. The molecule has 0 aliphatic carbocycles. The van der Waals surface area contributed by atoms with E-state index in [2.05, 4.69) is 23.2 Å². The molecule has 2 heterocycles. The van der Waals surface area contributed by atoms with Crippen molar-refractivity contribution >= 4 is 17.5 Å². The molecular formula is C17H23ClN2O2. The average molecular weight is 323 g/mol. The van der Waals surface area contributed by atoms with Crippen molar-refractivity contribution in [1.82, 2.24) is 10.2 Å². The highest BCUT2D eigenvalue weighted by Gasteiger charge is 2.49. The minimum Gasteiger partial charge on any atom is -0.392 e. The SMILES string of the molecule is Cc1cc(Cl)ccc1CN1CC[C@H](O)[C@@]2(CCCNC2=O)C1. The second kappa shape index (κ2) is 6.19.